The third-order valence-corrected chi connectivity index (χ3v) is 3.98. The van der Waals surface area contributed by atoms with Gasteiger partial charge in [-0.1, -0.05) is 0 Å². The summed E-state index contributed by atoms with van der Waals surface area (Å²) >= 11 is 1.45. The van der Waals surface area contributed by atoms with Crippen molar-refractivity contribution in [3.63, 3.8) is 0 Å². The molecule has 0 aliphatic rings. The van der Waals surface area contributed by atoms with E-state index in [0.29, 0.717) is 16.9 Å². The standard InChI is InChI=1S/C15H17N3O3S/c1-9(16)14-18-12(8-22-14)7-13(19)17-11-5-3-10(4-6-11)15(20)21-2/h3-6,8-9H,7,16H2,1-2H3,(H,17,19). The van der Waals surface area contributed by atoms with Crippen molar-refractivity contribution in [2.75, 3.05) is 12.4 Å². The van der Waals surface area contributed by atoms with Crippen LogP contribution in [-0.2, 0) is 16.0 Å². The molecule has 6 nitrogen and oxygen atoms in total. The van der Waals surface area contributed by atoms with E-state index in [1.54, 1.807) is 24.3 Å². The Morgan fingerprint density at radius 3 is 2.59 bits per heavy atom. The Balaban J connectivity index is 1.95. The quantitative estimate of drug-likeness (QED) is 0.823. The van der Waals surface area contributed by atoms with Crippen LogP contribution in [0, 0.1) is 0 Å². The molecule has 22 heavy (non-hydrogen) atoms. The first kappa shape index (κ1) is 16.1. The summed E-state index contributed by atoms with van der Waals surface area (Å²) < 4.78 is 4.61. The number of ether oxygens (including phenoxy) is 1. The highest BCUT2D eigenvalue weighted by Crippen LogP contribution is 2.17. The first-order valence-corrected chi connectivity index (χ1v) is 7.55. The van der Waals surface area contributed by atoms with E-state index < -0.39 is 5.97 Å². The lowest BCUT2D eigenvalue weighted by atomic mass is 10.2. The Bertz CT molecular complexity index is 665. The van der Waals surface area contributed by atoms with E-state index in [9.17, 15) is 9.59 Å². The molecule has 0 bridgehead atoms. The number of hydrogen-bond donors (Lipinski definition) is 2. The van der Waals surface area contributed by atoms with Gasteiger partial charge in [-0.05, 0) is 31.2 Å². The number of methoxy groups -OCH3 is 1. The fraction of sp³-hybridized carbons (Fsp3) is 0.267. The van der Waals surface area contributed by atoms with E-state index in [-0.39, 0.29) is 18.4 Å². The van der Waals surface area contributed by atoms with Crippen LogP contribution in [0.25, 0.3) is 0 Å². The van der Waals surface area contributed by atoms with E-state index in [2.05, 4.69) is 15.0 Å². The second-order valence-corrected chi connectivity index (χ2v) is 5.65. The Morgan fingerprint density at radius 1 is 1.36 bits per heavy atom. The molecule has 0 aliphatic heterocycles. The van der Waals surface area contributed by atoms with E-state index in [0.717, 1.165) is 5.01 Å². The zero-order chi connectivity index (χ0) is 16.1. The van der Waals surface area contributed by atoms with Gasteiger partial charge in [-0.25, -0.2) is 9.78 Å². The molecule has 1 heterocycles. The minimum absolute atomic E-state index is 0.132. The van der Waals surface area contributed by atoms with Crippen LogP contribution in [0.2, 0.25) is 0 Å². The van der Waals surface area contributed by atoms with Crippen LogP contribution >= 0.6 is 11.3 Å². The van der Waals surface area contributed by atoms with Crippen LogP contribution in [0.5, 0.6) is 0 Å². The number of aromatic nitrogens is 1. The van der Waals surface area contributed by atoms with Crippen molar-refractivity contribution in [3.8, 4) is 0 Å². The van der Waals surface area contributed by atoms with Gasteiger partial charge in [-0.3, -0.25) is 4.79 Å². The van der Waals surface area contributed by atoms with Crippen molar-refractivity contribution in [2.24, 2.45) is 5.73 Å². The molecule has 0 radical (unpaired) electrons. The summed E-state index contributed by atoms with van der Waals surface area (Å²) in [7, 11) is 1.32. The van der Waals surface area contributed by atoms with Crippen molar-refractivity contribution in [1.29, 1.82) is 0 Å². The van der Waals surface area contributed by atoms with Crippen LogP contribution in [0.1, 0.15) is 34.0 Å². The van der Waals surface area contributed by atoms with Gasteiger partial charge >= 0.3 is 5.97 Å². The molecule has 3 N–H and O–H groups in total. The number of amides is 1. The predicted molar refractivity (Wildman–Crippen MR) is 84.8 cm³/mol. The molecule has 2 aromatic rings. The van der Waals surface area contributed by atoms with E-state index in [1.165, 1.54) is 18.4 Å². The molecule has 1 unspecified atom stereocenters. The number of carbonyl (C=O) groups excluding carboxylic acids is 2. The molecule has 116 valence electrons. The number of esters is 1. The molecule has 1 aromatic heterocycles. The summed E-state index contributed by atoms with van der Waals surface area (Å²) in [6.07, 6.45) is 0.183. The molecule has 0 aliphatic carbocycles. The number of anilines is 1. The van der Waals surface area contributed by atoms with Crippen molar-refractivity contribution in [3.05, 3.63) is 45.9 Å². The number of carbonyl (C=O) groups is 2. The van der Waals surface area contributed by atoms with Crippen molar-refractivity contribution in [1.82, 2.24) is 4.98 Å². The van der Waals surface area contributed by atoms with E-state index >= 15 is 0 Å². The van der Waals surface area contributed by atoms with Gasteiger partial charge in [0.2, 0.25) is 5.91 Å². The molecule has 0 saturated heterocycles. The van der Waals surface area contributed by atoms with Gasteiger partial charge in [-0.15, -0.1) is 11.3 Å². The van der Waals surface area contributed by atoms with Gasteiger partial charge < -0.3 is 15.8 Å². The first-order valence-electron chi connectivity index (χ1n) is 6.67. The fourth-order valence-electron chi connectivity index (χ4n) is 1.79. The maximum absolute atomic E-state index is 12.0. The Morgan fingerprint density at radius 2 is 2.05 bits per heavy atom. The van der Waals surface area contributed by atoms with Crippen LogP contribution in [0.3, 0.4) is 0 Å². The van der Waals surface area contributed by atoms with Crippen molar-refractivity contribution in [2.45, 2.75) is 19.4 Å². The highest BCUT2D eigenvalue weighted by Gasteiger charge is 2.11. The van der Waals surface area contributed by atoms with Gasteiger partial charge in [0.25, 0.3) is 0 Å². The summed E-state index contributed by atoms with van der Waals surface area (Å²) in [4.78, 5) is 27.6. The average molecular weight is 319 g/mol. The highest BCUT2D eigenvalue weighted by atomic mass is 32.1. The molecule has 2 rings (SSSR count). The molecule has 0 fully saturated rings. The molecule has 0 saturated carbocycles. The molecular weight excluding hydrogens is 302 g/mol. The topological polar surface area (TPSA) is 94.3 Å². The number of benzene rings is 1. The molecule has 0 spiro atoms. The lowest BCUT2D eigenvalue weighted by molar-refractivity contribution is -0.115. The molecule has 1 amide bonds. The van der Waals surface area contributed by atoms with E-state index in [4.69, 9.17) is 5.73 Å². The summed E-state index contributed by atoms with van der Waals surface area (Å²) in [5.41, 5.74) is 7.48. The smallest absolute Gasteiger partial charge is 0.337 e. The third-order valence-electron chi connectivity index (χ3n) is 2.89. The second-order valence-electron chi connectivity index (χ2n) is 4.76. The highest BCUT2D eigenvalue weighted by molar-refractivity contribution is 7.09. The number of nitrogens with two attached hydrogens (primary N) is 1. The van der Waals surface area contributed by atoms with Gasteiger partial charge in [-0.2, -0.15) is 0 Å². The Kier molecular flexibility index (Phi) is 5.24. The SMILES string of the molecule is COC(=O)c1ccc(NC(=O)Cc2csc(C(C)N)n2)cc1. The minimum Gasteiger partial charge on any atom is -0.465 e. The van der Waals surface area contributed by atoms with Crippen LogP contribution < -0.4 is 11.1 Å². The average Bonchev–Trinajstić information content (AvgIpc) is 2.95. The largest absolute Gasteiger partial charge is 0.465 e. The fourth-order valence-corrected chi connectivity index (χ4v) is 2.57. The number of nitrogens with zero attached hydrogens (tertiary/aromatic N) is 1. The zero-order valence-electron chi connectivity index (χ0n) is 12.3. The number of thiazole rings is 1. The molecular formula is C15H17N3O3S. The summed E-state index contributed by atoms with van der Waals surface area (Å²) in [6.45, 7) is 1.85. The lowest BCUT2D eigenvalue weighted by Gasteiger charge is -2.05. The minimum atomic E-state index is -0.413. The molecule has 1 aromatic carbocycles. The lowest BCUT2D eigenvalue weighted by Crippen LogP contribution is -2.15. The monoisotopic (exact) mass is 319 g/mol. The summed E-state index contributed by atoms with van der Waals surface area (Å²) in [6, 6.07) is 6.36. The van der Waals surface area contributed by atoms with Gasteiger partial charge in [0.05, 0.1) is 30.8 Å². The molecule has 1 atom stereocenters. The second kappa shape index (κ2) is 7.15. The molecule has 7 heteroatoms. The number of hydrogen-bond acceptors (Lipinski definition) is 6. The van der Waals surface area contributed by atoms with Crippen molar-refractivity contribution >= 4 is 28.9 Å². The van der Waals surface area contributed by atoms with Crippen LogP contribution in [0.4, 0.5) is 5.69 Å². The third kappa shape index (κ3) is 4.12. The number of nitrogens with one attached hydrogen (secondary N) is 1. The van der Waals surface area contributed by atoms with Gasteiger partial charge in [0, 0.05) is 11.1 Å². The van der Waals surface area contributed by atoms with Crippen LogP contribution in [-0.4, -0.2) is 24.0 Å². The maximum atomic E-state index is 12.0. The maximum Gasteiger partial charge on any atom is 0.337 e. The summed E-state index contributed by atoms with van der Waals surface area (Å²) in [5.74, 6) is -0.587. The normalized spacial score (nSPS) is 11.8. The summed E-state index contributed by atoms with van der Waals surface area (Å²) in [5, 5.41) is 5.40. The Hall–Kier alpha value is -2.25. The first-order chi connectivity index (χ1) is 10.5. The zero-order valence-corrected chi connectivity index (χ0v) is 13.1. The predicted octanol–water partition coefficient (Wildman–Crippen LogP) is 2.13. The van der Waals surface area contributed by atoms with Crippen LogP contribution in [0.15, 0.2) is 29.6 Å². The number of rotatable bonds is 5. The van der Waals surface area contributed by atoms with Gasteiger partial charge in [0.1, 0.15) is 5.01 Å². The van der Waals surface area contributed by atoms with Gasteiger partial charge in [0.15, 0.2) is 0 Å². The Labute approximate surface area is 132 Å². The van der Waals surface area contributed by atoms with Crippen molar-refractivity contribution < 1.29 is 14.3 Å². The van der Waals surface area contributed by atoms with E-state index in [1.807, 2.05) is 12.3 Å².